The van der Waals surface area contributed by atoms with Gasteiger partial charge in [0, 0.05) is 7.05 Å². The van der Waals surface area contributed by atoms with Crippen molar-refractivity contribution in [3.63, 3.8) is 0 Å². The van der Waals surface area contributed by atoms with Crippen molar-refractivity contribution in [1.29, 1.82) is 0 Å². The van der Waals surface area contributed by atoms with Gasteiger partial charge in [-0.3, -0.25) is 0 Å². The quantitative estimate of drug-likeness (QED) is 0.580. The van der Waals surface area contributed by atoms with Crippen LogP contribution >= 0.6 is 0 Å². The minimum absolute atomic E-state index is 0.850. The van der Waals surface area contributed by atoms with E-state index in [1.165, 1.54) is 19.3 Å². The molecule has 0 unspecified atom stereocenters. The van der Waals surface area contributed by atoms with Crippen molar-refractivity contribution in [2.45, 2.75) is 33.1 Å². The van der Waals surface area contributed by atoms with E-state index in [4.69, 9.17) is 0 Å². The van der Waals surface area contributed by atoms with E-state index in [0.717, 1.165) is 5.92 Å². The van der Waals surface area contributed by atoms with Gasteiger partial charge in [0.05, 0.1) is 0 Å². The van der Waals surface area contributed by atoms with Crippen LogP contribution in [0.1, 0.15) is 33.1 Å². The standard InChI is InChI=1S/C9H19N/c1-9(2)7-5-4-6-8-10-3/h6,8-10H,4-5,7H2,1-3H3. The van der Waals surface area contributed by atoms with Gasteiger partial charge in [0.2, 0.25) is 0 Å². The lowest BCUT2D eigenvalue weighted by molar-refractivity contribution is 0.559. The molecule has 0 aromatic rings. The van der Waals surface area contributed by atoms with Gasteiger partial charge in [0.15, 0.2) is 0 Å². The monoisotopic (exact) mass is 141 g/mol. The van der Waals surface area contributed by atoms with Crippen molar-refractivity contribution in [3.8, 4) is 0 Å². The Morgan fingerprint density at radius 1 is 1.40 bits per heavy atom. The van der Waals surface area contributed by atoms with Gasteiger partial charge in [-0.25, -0.2) is 0 Å². The number of nitrogens with one attached hydrogen (secondary N) is 1. The molecule has 0 heterocycles. The highest BCUT2D eigenvalue weighted by atomic mass is 14.8. The van der Waals surface area contributed by atoms with E-state index in [-0.39, 0.29) is 0 Å². The van der Waals surface area contributed by atoms with E-state index in [1.54, 1.807) is 0 Å². The maximum atomic E-state index is 2.98. The molecule has 0 fully saturated rings. The molecule has 0 bridgehead atoms. The first-order valence-electron chi connectivity index (χ1n) is 4.09. The molecule has 0 aliphatic carbocycles. The Morgan fingerprint density at radius 2 is 2.10 bits per heavy atom. The molecular formula is C9H19N. The summed E-state index contributed by atoms with van der Waals surface area (Å²) in [6.45, 7) is 4.53. The number of unbranched alkanes of at least 4 members (excludes halogenated alkanes) is 1. The molecule has 60 valence electrons. The van der Waals surface area contributed by atoms with Gasteiger partial charge in [-0.15, -0.1) is 0 Å². The summed E-state index contributed by atoms with van der Waals surface area (Å²) in [6, 6.07) is 0. The summed E-state index contributed by atoms with van der Waals surface area (Å²) in [7, 11) is 1.93. The maximum Gasteiger partial charge on any atom is 0.00276 e. The van der Waals surface area contributed by atoms with Gasteiger partial charge in [0.1, 0.15) is 0 Å². The molecule has 1 N–H and O–H groups in total. The lowest BCUT2D eigenvalue weighted by Crippen LogP contribution is -1.91. The lowest BCUT2D eigenvalue weighted by atomic mass is 10.1. The number of allylic oxidation sites excluding steroid dienone is 1. The molecule has 0 aromatic carbocycles. The van der Waals surface area contributed by atoms with Gasteiger partial charge < -0.3 is 5.32 Å². The molecule has 0 saturated heterocycles. The van der Waals surface area contributed by atoms with Crippen LogP contribution in [-0.4, -0.2) is 7.05 Å². The Morgan fingerprint density at radius 3 is 2.60 bits per heavy atom. The predicted octanol–water partition coefficient (Wildman–Crippen LogP) is 2.55. The molecule has 1 nitrogen and oxygen atoms in total. The van der Waals surface area contributed by atoms with Crippen molar-refractivity contribution in [1.82, 2.24) is 5.32 Å². The second-order valence-electron chi connectivity index (χ2n) is 3.02. The summed E-state index contributed by atoms with van der Waals surface area (Å²) >= 11 is 0. The van der Waals surface area contributed by atoms with Crippen LogP contribution in [0.3, 0.4) is 0 Å². The molecule has 0 aliphatic heterocycles. The van der Waals surface area contributed by atoms with Crippen LogP contribution in [0, 0.1) is 5.92 Å². The van der Waals surface area contributed by atoms with E-state index in [1.807, 2.05) is 13.2 Å². The second-order valence-corrected chi connectivity index (χ2v) is 3.02. The summed E-state index contributed by atoms with van der Waals surface area (Å²) in [5.41, 5.74) is 0. The zero-order valence-corrected chi connectivity index (χ0v) is 7.35. The summed E-state index contributed by atoms with van der Waals surface area (Å²) in [5.74, 6) is 0.850. The zero-order valence-electron chi connectivity index (χ0n) is 7.35. The molecule has 0 aliphatic rings. The van der Waals surface area contributed by atoms with E-state index >= 15 is 0 Å². The third kappa shape index (κ3) is 7.54. The van der Waals surface area contributed by atoms with Crippen molar-refractivity contribution >= 4 is 0 Å². The van der Waals surface area contributed by atoms with Crippen LogP contribution in [0.5, 0.6) is 0 Å². The van der Waals surface area contributed by atoms with Crippen LogP contribution < -0.4 is 5.32 Å². The van der Waals surface area contributed by atoms with Crippen molar-refractivity contribution in [3.05, 3.63) is 12.3 Å². The fourth-order valence-electron chi connectivity index (χ4n) is 0.845. The van der Waals surface area contributed by atoms with Crippen LogP contribution in [-0.2, 0) is 0 Å². The van der Waals surface area contributed by atoms with Gasteiger partial charge in [-0.2, -0.15) is 0 Å². The number of hydrogen-bond donors (Lipinski definition) is 1. The van der Waals surface area contributed by atoms with E-state index < -0.39 is 0 Å². The zero-order chi connectivity index (χ0) is 7.82. The smallest absolute Gasteiger partial charge is 0.00276 e. The fourth-order valence-corrected chi connectivity index (χ4v) is 0.845. The molecule has 0 radical (unpaired) electrons. The summed E-state index contributed by atoms with van der Waals surface area (Å²) in [4.78, 5) is 0. The molecule has 0 rings (SSSR count). The third-order valence-corrected chi connectivity index (χ3v) is 1.44. The summed E-state index contributed by atoms with van der Waals surface area (Å²) in [6.07, 6.45) is 8.05. The second kappa shape index (κ2) is 6.66. The Labute approximate surface area is 64.5 Å². The molecule has 0 aromatic heterocycles. The molecule has 0 spiro atoms. The molecule has 0 atom stereocenters. The average Bonchev–Trinajstić information content (AvgIpc) is 1.87. The minimum Gasteiger partial charge on any atom is -0.394 e. The summed E-state index contributed by atoms with van der Waals surface area (Å²) < 4.78 is 0. The lowest BCUT2D eigenvalue weighted by Gasteiger charge is -2.00. The van der Waals surface area contributed by atoms with E-state index in [9.17, 15) is 0 Å². The normalized spacial score (nSPS) is 11.2. The maximum absolute atomic E-state index is 2.98. The van der Waals surface area contributed by atoms with Gasteiger partial charge in [-0.1, -0.05) is 26.3 Å². The van der Waals surface area contributed by atoms with E-state index in [0.29, 0.717) is 0 Å². The van der Waals surface area contributed by atoms with E-state index in [2.05, 4.69) is 25.2 Å². The third-order valence-electron chi connectivity index (χ3n) is 1.44. The SMILES string of the molecule is CNC=CCCCC(C)C. The minimum atomic E-state index is 0.850. The topological polar surface area (TPSA) is 12.0 Å². The largest absolute Gasteiger partial charge is 0.394 e. The summed E-state index contributed by atoms with van der Waals surface area (Å²) in [5, 5.41) is 2.98. The highest BCUT2D eigenvalue weighted by Crippen LogP contribution is 2.05. The van der Waals surface area contributed by atoms with Crippen molar-refractivity contribution < 1.29 is 0 Å². The highest BCUT2D eigenvalue weighted by molar-refractivity contribution is 4.77. The average molecular weight is 141 g/mol. The van der Waals surface area contributed by atoms with Gasteiger partial charge >= 0.3 is 0 Å². The molecule has 0 amide bonds. The molecular weight excluding hydrogens is 122 g/mol. The van der Waals surface area contributed by atoms with Crippen LogP contribution in [0.2, 0.25) is 0 Å². The molecule has 0 saturated carbocycles. The first-order valence-corrected chi connectivity index (χ1v) is 4.09. The molecule has 1 heteroatoms. The Bertz CT molecular complexity index is 84.7. The fraction of sp³-hybridized carbons (Fsp3) is 0.778. The van der Waals surface area contributed by atoms with Gasteiger partial charge in [-0.05, 0) is 25.0 Å². The Hall–Kier alpha value is -0.460. The van der Waals surface area contributed by atoms with Crippen molar-refractivity contribution in [2.75, 3.05) is 7.05 Å². The first-order chi connectivity index (χ1) is 4.77. The Kier molecular flexibility index (Phi) is 6.35. The number of hydrogen-bond acceptors (Lipinski definition) is 1. The van der Waals surface area contributed by atoms with Crippen LogP contribution in [0.25, 0.3) is 0 Å². The van der Waals surface area contributed by atoms with Crippen LogP contribution in [0.15, 0.2) is 12.3 Å². The predicted molar refractivity (Wildman–Crippen MR) is 46.9 cm³/mol. The van der Waals surface area contributed by atoms with Crippen LogP contribution in [0.4, 0.5) is 0 Å². The van der Waals surface area contributed by atoms with Crippen molar-refractivity contribution in [2.24, 2.45) is 5.92 Å². The van der Waals surface area contributed by atoms with Gasteiger partial charge in [0.25, 0.3) is 0 Å². The first kappa shape index (κ1) is 9.54. The number of rotatable bonds is 5. The molecule has 10 heavy (non-hydrogen) atoms. The highest BCUT2D eigenvalue weighted by Gasteiger charge is 1.90. The Balaban J connectivity index is 2.97.